The molecule has 0 radical (unpaired) electrons. The third-order valence-electron chi connectivity index (χ3n) is 5.15. The number of carbonyl (C=O) groups is 1. The fourth-order valence-corrected chi connectivity index (χ4v) is 3.64. The van der Waals surface area contributed by atoms with Crippen molar-refractivity contribution < 1.29 is 4.79 Å². The number of nitrogens with zero attached hydrogens (tertiary/aromatic N) is 1. The van der Waals surface area contributed by atoms with Crippen molar-refractivity contribution in [2.45, 2.75) is 85.0 Å². The van der Waals surface area contributed by atoms with E-state index in [0.29, 0.717) is 23.3 Å². The van der Waals surface area contributed by atoms with Crippen LogP contribution in [0, 0.1) is 11.3 Å². The van der Waals surface area contributed by atoms with Crippen molar-refractivity contribution in [2.24, 2.45) is 11.3 Å². The van der Waals surface area contributed by atoms with E-state index in [0.717, 1.165) is 19.3 Å². The number of nitrogens with one attached hydrogen (secondary N) is 1. The molecule has 2 aliphatic rings. The smallest absolute Gasteiger partial charge is 0.244 e. The van der Waals surface area contributed by atoms with Gasteiger partial charge in [0.2, 0.25) is 5.91 Å². The summed E-state index contributed by atoms with van der Waals surface area (Å²) in [7, 11) is 0. The third kappa shape index (κ3) is 2.54. The van der Waals surface area contributed by atoms with Crippen molar-refractivity contribution in [1.82, 2.24) is 10.2 Å². The highest BCUT2D eigenvalue weighted by Gasteiger charge is 2.51. The first-order valence-electron chi connectivity index (χ1n) is 7.81. The second-order valence-electron chi connectivity index (χ2n) is 7.79. The summed E-state index contributed by atoms with van der Waals surface area (Å²) in [5.41, 5.74) is 0.0271. The summed E-state index contributed by atoms with van der Waals surface area (Å²) in [5.74, 6) is 0.775. The Morgan fingerprint density at radius 3 is 2.42 bits per heavy atom. The maximum absolute atomic E-state index is 12.8. The molecule has 2 rings (SSSR count). The van der Waals surface area contributed by atoms with Crippen LogP contribution in [-0.2, 0) is 4.79 Å². The molecule has 0 aromatic rings. The standard InChI is InChI=1S/C16H30N2O/c1-7-16(6)14(19)18(13(17-16)11(2)3)12-8-9-15(4,5)10-12/h11-13,17H,7-10H2,1-6H3. The minimum atomic E-state index is -0.359. The van der Waals surface area contributed by atoms with Gasteiger partial charge in [-0.1, -0.05) is 34.6 Å². The Hall–Kier alpha value is -0.570. The summed E-state index contributed by atoms with van der Waals surface area (Å²) in [4.78, 5) is 15.0. The van der Waals surface area contributed by atoms with Gasteiger partial charge in [-0.15, -0.1) is 0 Å². The lowest BCUT2D eigenvalue weighted by Crippen LogP contribution is -2.46. The van der Waals surface area contributed by atoms with Gasteiger partial charge in [0.1, 0.15) is 0 Å². The van der Waals surface area contributed by atoms with E-state index in [1.807, 2.05) is 0 Å². The van der Waals surface area contributed by atoms with Crippen molar-refractivity contribution in [3.63, 3.8) is 0 Å². The van der Waals surface area contributed by atoms with Crippen molar-refractivity contribution in [1.29, 1.82) is 0 Å². The van der Waals surface area contributed by atoms with Crippen molar-refractivity contribution in [2.75, 3.05) is 0 Å². The van der Waals surface area contributed by atoms with Crippen molar-refractivity contribution in [3.8, 4) is 0 Å². The molecule has 2 fully saturated rings. The van der Waals surface area contributed by atoms with Gasteiger partial charge in [0, 0.05) is 6.04 Å². The lowest BCUT2D eigenvalue weighted by atomic mass is 9.91. The predicted octanol–water partition coefficient (Wildman–Crippen LogP) is 3.15. The highest BCUT2D eigenvalue weighted by molar-refractivity contribution is 5.88. The first kappa shape index (κ1) is 14.8. The van der Waals surface area contributed by atoms with Crippen LogP contribution in [-0.4, -0.2) is 28.6 Å². The highest BCUT2D eigenvalue weighted by Crippen LogP contribution is 2.42. The molecular formula is C16H30N2O. The topological polar surface area (TPSA) is 32.3 Å². The van der Waals surface area contributed by atoms with Gasteiger partial charge in [0.05, 0.1) is 11.7 Å². The van der Waals surface area contributed by atoms with Crippen LogP contribution in [0.1, 0.15) is 67.2 Å². The molecule has 3 nitrogen and oxygen atoms in total. The van der Waals surface area contributed by atoms with E-state index < -0.39 is 0 Å². The summed E-state index contributed by atoms with van der Waals surface area (Å²) < 4.78 is 0. The minimum Gasteiger partial charge on any atom is -0.322 e. The second-order valence-corrected chi connectivity index (χ2v) is 7.79. The van der Waals surface area contributed by atoms with E-state index in [1.165, 1.54) is 6.42 Å². The van der Waals surface area contributed by atoms with Crippen LogP contribution in [0.3, 0.4) is 0 Å². The van der Waals surface area contributed by atoms with Gasteiger partial charge >= 0.3 is 0 Å². The third-order valence-corrected chi connectivity index (χ3v) is 5.15. The van der Waals surface area contributed by atoms with Crippen LogP contribution in [0.15, 0.2) is 0 Å². The Labute approximate surface area is 118 Å². The van der Waals surface area contributed by atoms with Crippen molar-refractivity contribution >= 4 is 5.91 Å². The van der Waals surface area contributed by atoms with Crippen LogP contribution in [0.5, 0.6) is 0 Å². The summed E-state index contributed by atoms with van der Waals surface area (Å²) in [6, 6.07) is 0.427. The maximum atomic E-state index is 12.8. The average Bonchev–Trinajstić information content (AvgIpc) is 2.79. The average molecular weight is 266 g/mol. The molecule has 3 atom stereocenters. The van der Waals surface area contributed by atoms with Gasteiger partial charge in [-0.2, -0.15) is 0 Å². The normalized spacial score (nSPS) is 38.5. The Bertz CT molecular complexity index is 364. The Morgan fingerprint density at radius 2 is 2.00 bits per heavy atom. The van der Waals surface area contributed by atoms with E-state index >= 15 is 0 Å². The molecule has 1 saturated heterocycles. The van der Waals surface area contributed by atoms with Crippen LogP contribution < -0.4 is 5.32 Å². The van der Waals surface area contributed by atoms with Gasteiger partial charge in [-0.25, -0.2) is 0 Å². The number of hydrogen-bond donors (Lipinski definition) is 1. The van der Waals surface area contributed by atoms with Gasteiger partial charge in [0.15, 0.2) is 0 Å². The van der Waals surface area contributed by atoms with Crippen LogP contribution in [0.4, 0.5) is 0 Å². The quantitative estimate of drug-likeness (QED) is 0.851. The van der Waals surface area contributed by atoms with E-state index in [4.69, 9.17) is 0 Å². The molecule has 0 aromatic heterocycles. The predicted molar refractivity (Wildman–Crippen MR) is 78.7 cm³/mol. The fourth-order valence-electron chi connectivity index (χ4n) is 3.64. The summed E-state index contributed by atoms with van der Waals surface area (Å²) in [5, 5.41) is 3.60. The zero-order chi connectivity index (χ0) is 14.4. The Morgan fingerprint density at radius 1 is 1.37 bits per heavy atom. The molecule has 0 spiro atoms. The van der Waals surface area contributed by atoms with Gasteiger partial charge in [-0.3, -0.25) is 10.1 Å². The monoisotopic (exact) mass is 266 g/mol. The van der Waals surface area contributed by atoms with Crippen LogP contribution >= 0.6 is 0 Å². The van der Waals surface area contributed by atoms with Gasteiger partial charge in [0.25, 0.3) is 0 Å². The zero-order valence-electron chi connectivity index (χ0n) is 13.4. The Balaban J connectivity index is 2.24. The second kappa shape index (κ2) is 4.76. The zero-order valence-corrected chi connectivity index (χ0v) is 13.4. The fraction of sp³-hybridized carbons (Fsp3) is 0.938. The van der Waals surface area contributed by atoms with Gasteiger partial charge in [-0.05, 0) is 43.9 Å². The van der Waals surface area contributed by atoms with Crippen molar-refractivity contribution in [3.05, 3.63) is 0 Å². The molecule has 110 valence electrons. The molecule has 0 aromatic carbocycles. The molecule has 19 heavy (non-hydrogen) atoms. The number of rotatable bonds is 3. The van der Waals surface area contributed by atoms with E-state index in [-0.39, 0.29) is 11.7 Å². The molecule has 0 bridgehead atoms. The number of amides is 1. The first-order chi connectivity index (χ1) is 8.70. The molecule has 1 aliphatic heterocycles. The molecule has 1 aliphatic carbocycles. The summed E-state index contributed by atoms with van der Waals surface area (Å²) in [6.07, 6.45) is 4.60. The number of hydrogen-bond acceptors (Lipinski definition) is 2. The largest absolute Gasteiger partial charge is 0.322 e. The Kier molecular flexibility index (Phi) is 3.72. The molecular weight excluding hydrogens is 236 g/mol. The molecule has 3 heteroatoms. The van der Waals surface area contributed by atoms with Gasteiger partial charge < -0.3 is 4.90 Å². The minimum absolute atomic E-state index is 0.205. The molecule has 1 N–H and O–H groups in total. The molecule has 1 heterocycles. The SMILES string of the molecule is CCC1(C)NC(C(C)C)N(C2CCC(C)(C)C2)C1=O. The maximum Gasteiger partial charge on any atom is 0.244 e. The number of carbonyl (C=O) groups excluding carboxylic acids is 1. The van der Waals surface area contributed by atoms with E-state index in [1.54, 1.807) is 0 Å². The first-order valence-corrected chi connectivity index (χ1v) is 7.81. The van der Waals surface area contributed by atoms with Crippen LogP contribution in [0.25, 0.3) is 0 Å². The molecule has 1 amide bonds. The van der Waals surface area contributed by atoms with E-state index in [2.05, 4.69) is 51.8 Å². The van der Waals surface area contributed by atoms with E-state index in [9.17, 15) is 4.79 Å². The summed E-state index contributed by atoms with van der Waals surface area (Å²) >= 11 is 0. The lowest BCUT2D eigenvalue weighted by Gasteiger charge is -2.33. The molecule has 1 saturated carbocycles. The summed E-state index contributed by atoms with van der Waals surface area (Å²) in [6.45, 7) is 13.2. The van der Waals surface area contributed by atoms with Crippen LogP contribution in [0.2, 0.25) is 0 Å². The highest BCUT2D eigenvalue weighted by atomic mass is 16.2. The lowest BCUT2D eigenvalue weighted by molar-refractivity contribution is -0.135. The molecule has 3 unspecified atom stereocenters.